The Hall–Kier alpha value is -0.770. The van der Waals surface area contributed by atoms with Crippen LogP contribution in [0.5, 0.6) is 0 Å². The van der Waals surface area contributed by atoms with Gasteiger partial charge in [0.15, 0.2) is 0 Å². The summed E-state index contributed by atoms with van der Waals surface area (Å²) in [4.78, 5) is 6.66. The summed E-state index contributed by atoms with van der Waals surface area (Å²) in [6.07, 6.45) is 1.19. The molecule has 0 N–H and O–H groups in total. The molecular formula is C11H27N4+. The van der Waals surface area contributed by atoms with E-state index in [1.54, 1.807) is 0 Å². The third kappa shape index (κ3) is 5.62. The lowest BCUT2D eigenvalue weighted by atomic mass is 10.4. The lowest BCUT2D eigenvalue weighted by molar-refractivity contribution is -0.475. The highest BCUT2D eigenvalue weighted by atomic mass is 15.4. The second-order valence-electron chi connectivity index (χ2n) is 4.67. The SMILES string of the molecule is CN(C)CCCN(C)C(N(C)C)=[N+](C)C. The molecule has 15 heavy (non-hydrogen) atoms. The molecule has 0 unspecified atom stereocenters. The summed E-state index contributed by atoms with van der Waals surface area (Å²) >= 11 is 0. The molecule has 0 aliphatic heterocycles. The van der Waals surface area contributed by atoms with E-state index in [0.717, 1.165) is 13.1 Å². The van der Waals surface area contributed by atoms with Crippen molar-refractivity contribution in [3.8, 4) is 0 Å². The number of rotatable bonds is 4. The second-order valence-corrected chi connectivity index (χ2v) is 4.67. The average molecular weight is 215 g/mol. The standard InChI is InChI=1S/C11H27N4/c1-12(2)9-8-10-15(7)11(13(3)4)14(5)6/h8-10H2,1-7H3/q+1. The van der Waals surface area contributed by atoms with Crippen LogP contribution in [0.1, 0.15) is 6.42 Å². The van der Waals surface area contributed by atoms with Crippen LogP contribution in [-0.2, 0) is 0 Å². The van der Waals surface area contributed by atoms with Gasteiger partial charge >= 0.3 is 5.96 Å². The van der Waals surface area contributed by atoms with Crippen LogP contribution in [-0.4, -0.2) is 87.7 Å². The van der Waals surface area contributed by atoms with E-state index < -0.39 is 0 Å². The Bertz CT molecular complexity index is 205. The van der Waals surface area contributed by atoms with Crippen LogP contribution in [0.3, 0.4) is 0 Å². The number of nitrogens with zero attached hydrogens (tertiary/aromatic N) is 4. The summed E-state index contributed by atoms with van der Waals surface area (Å²) in [5.74, 6) is 1.24. The van der Waals surface area contributed by atoms with E-state index in [2.05, 4.69) is 68.6 Å². The molecule has 0 aliphatic rings. The molecule has 0 bridgehead atoms. The fourth-order valence-electron chi connectivity index (χ4n) is 1.81. The summed E-state index contributed by atoms with van der Waals surface area (Å²) < 4.78 is 2.15. The molecule has 0 radical (unpaired) electrons. The Morgan fingerprint density at radius 1 is 0.933 bits per heavy atom. The molecule has 0 aromatic rings. The first kappa shape index (κ1) is 14.2. The van der Waals surface area contributed by atoms with Gasteiger partial charge in [-0.25, -0.2) is 0 Å². The van der Waals surface area contributed by atoms with E-state index in [1.165, 1.54) is 12.4 Å². The zero-order valence-electron chi connectivity index (χ0n) is 11.4. The monoisotopic (exact) mass is 215 g/mol. The van der Waals surface area contributed by atoms with Crippen molar-refractivity contribution in [2.24, 2.45) is 0 Å². The van der Waals surface area contributed by atoms with Crippen LogP contribution >= 0.6 is 0 Å². The molecule has 0 aromatic heterocycles. The summed E-state index contributed by atoms with van der Waals surface area (Å²) in [5.41, 5.74) is 0. The largest absolute Gasteiger partial charge is 0.349 e. The van der Waals surface area contributed by atoms with Crippen LogP contribution in [0.2, 0.25) is 0 Å². The third-order valence-corrected chi connectivity index (χ3v) is 2.24. The Morgan fingerprint density at radius 3 is 1.80 bits per heavy atom. The van der Waals surface area contributed by atoms with E-state index in [1.807, 2.05) is 0 Å². The molecule has 0 saturated heterocycles. The first-order valence-electron chi connectivity index (χ1n) is 5.43. The molecule has 0 fully saturated rings. The first-order valence-corrected chi connectivity index (χ1v) is 5.43. The fourth-order valence-corrected chi connectivity index (χ4v) is 1.81. The summed E-state index contributed by atoms with van der Waals surface area (Å²) in [7, 11) is 14.7. The summed E-state index contributed by atoms with van der Waals surface area (Å²) in [5, 5.41) is 0. The molecule has 0 rings (SSSR count). The minimum atomic E-state index is 1.09. The van der Waals surface area contributed by atoms with Crippen molar-refractivity contribution in [3.05, 3.63) is 0 Å². The van der Waals surface area contributed by atoms with Crippen LogP contribution in [0.25, 0.3) is 0 Å². The lowest BCUT2D eigenvalue weighted by Crippen LogP contribution is -2.44. The van der Waals surface area contributed by atoms with Crippen molar-refractivity contribution in [3.63, 3.8) is 0 Å². The maximum Gasteiger partial charge on any atom is 0.349 e. The minimum absolute atomic E-state index is 1.09. The highest BCUT2D eigenvalue weighted by molar-refractivity contribution is 5.74. The predicted molar refractivity (Wildman–Crippen MR) is 66.6 cm³/mol. The summed E-state index contributed by atoms with van der Waals surface area (Å²) in [6, 6.07) is 0. The van der Waals surface area contributed by atoms with Gasteiger partial charge in [0, 0.05) is 6.54 Å². The third-order valence-electron chi connectivity index (χ3n) is 2.24. The topological polar surface area (TPSA) is 12.7 Å². The van der Waals surface area contributed by atoms with Crippen molar-refractivity contribution in [2.75, 3.05) is 62.4 Å². The zero-order valence-corrected chi connectivity index (χ0v) is 11.4. The Balaban J connectivity index is 4.18. The maximum absolute atomic E-state index is 2.30. The van der Waals surface area contributed by atoms with Gasteiger partial charge in [-0.05, 0) is 20.5 Å². The van der Waals surface area contributed by atoms with E-state index in [9.17, 15) is 0 Å². The van der Waals surface area contributed by atoms with Gasteiger partial charge in [0.25, 0.3) is 0 Å². The maximum atomic E-state index is 2.30. The highest BCUT2D eigenvalue weighted by Gasteiger charge is 2.17. The zero-order chi connectivity index (χ0) is 12.0. The molecule has 0 spiro atoms. The highest BCUT2D eigenvalue weighted by Crippen LogP contribution is 1.94. The van der Waals surface area contributed by atoms with Gasteiger partial charge in [0.1, 0.15) is 0 Å². The molecule has 0 aliphatic carbocycles. The van der Waals surface area contributed by atoms with Crippen molar-refractivity contribution in [2.45, 2.75) is 6.42 Å². The molecule has 4 nitrogen and oxygen atoms in total. The van der Waals surface area contributed by atoms with Gasteiger partial charge in [-0.2, -0.15) is 0 Å². The number of hydrogen-bond acceptors (Lipinski definition) is 1. The van der Waals surface area contributed by atoms with Gasteiger partial charge in [-0.15, -0.1) is 0 Å². The number of hydrogen-bond donors (Lipinski definition) is 0. The normalized spacial score (nSPS) is 10.4. The molecular weight excluding hydrogens is 188 g/mol. The van der Waals surface area contributed by atoms with Crippen molar-refractivity contribution in [1.82, 2.24) is 14.7 Å². The van der Waals surface area contributed by atoms with Gasteiger partial charge in [-0.3, -0.25) is 14.4 Å². The van der Waals surface area contributed by atoms with Gasteiger partial charge < -0.3 is 4.90 Å². The van der Waals surface area contributed by atoms with Crippen molar-refractivity contribution < 1.29 is 4.58 Å². The Morgan fingerprint density at radius 2 is 1.47 bits per heavy atom. The van der Waals surface area contributed by atoms with Crippen LogP contribution in [0.15, 0.2) is 0 Å². The predicted octanol–water partition coefficient (Wildman–Crippen LogP) is 0.0596. The first-order chi connectivity index (χ1) is 6.86. The molecule has 0 heterocycles. The van der Waals surface area contributed by atoms with Gasteiger partial charge in [0.05, 0.1) is 41.8 Å². The average Bonchev–Trinajstić information content (AvgIpc) is 2.01. The lowest BCUT2D eigenvalue weighted by Gasteiger charge is -2.21. The van der Waals surface area contributed by atoms with E-state index >= 15 is 0 Å². The molecule has 0 aromatic carbocycles. The van der Waals surface area contributed by atoms with Gasteiger partial charge in [0.2, 0.25) is 0 Å². The van der Waals surface area contributed by atoms with Crippen molar-refractivity contribution >= 4 is 5.96 Å². The van der Waals surface area contributed by atoms with Crippen LogP contribution in [0, 0.1) is 0 Å². The smallest absolute Gasteiger partial charge is 0.309 e. The Kier molecular flexibility index (Phi) is 6.32. The van der Waals surface area contributed by atoms with E-state index in [-0.39, 0.29) is 0 Å². The fraction of sp³-hybridized carbons (Fsp3) is 0.909. The number of guanidine groups is 1. The molecule has 0 saturated carbocycles. The minimum Gasteiger partial charge on any atom is -0.309 e. The van der Waals surface area contributed by atoms with Crippen LogP contribution in [0.4, 0.5) is 0 Å². The molecule has 0 amide bonds. The quantitative estimate of drug-likeness (QED) is 0.374. The second kappa shape index (κ2) is 6.67. The summed E-state index contributed by atoms with van der Waals surface area (Å²) in [6.45, 7) is 2.22. The van der Waals surface area contributed by atoms with Crippen molar-refractivity contribution in [1.29, 1.82) is 0 Å². The molecule has 4 heteroatoms. The van der Waals surface area contributed by atoms with Crippen LogP contribution < -0.4 is 0 Å². The molecule has 0 atom stereocenters. The van der Waals surface area contributed by atoms with E-state index in [4.69, 9.17) is 0 Å². The molecule has 90 valence electrons. The van der Waals surface area contributed by atoms with E-state index in [0.29, 0.717) is 0 Å². The van der Waals surface area contributed by atoms with Gasteiger partial charge in [-0.1, -0.05) is 0 Å². The Labute approximate surface area is 94.8 Å².